The van der Waals surface area contributed by atoms with Crippen LogP contribution in [0, 0.1) is 0 Å². The fraction of sp³-hybridized carbons (Fsp3) is 0.500. The standard InChI is InChI=1S/C12H15ClO3S/c1-2-6-16-10-5-3-4-9(7-10)11-8-12(11)17(13,14)15/h3-5,7,11-12H,2,6,8H2,1H3. The van der Waals surface area contributed by atoms with Crippen LogP contribution >= 0.6 is 10.7 Å². The maximum absolute atomic E-state index is 11.2. The maximum Gasteiger partial charge on any atom is 0.236 e. The topological polar surface area (TPSA) is 43.4 Å². The molecule has 0 saturated heterocycles. The van der Waals surface area contributed by atoms with Crippen LogP contribution in [0.4, 0.5) is 0 Å². The third-order valence-electron chi connectivity index (χ3n) is 2.85. The second kappa shape index (κ2) is 4.86. The second-order valence-corrected chi connectivity index (χ2v) is 7.12. The molecule has 2 atom stereocenters. The molecular weight excluding hydrogens is 260 g/mol. The van der Waals surface area contributed by atoms with E-state index in [1.807, 2.05) is 31.2 Å². The molecule has 3 nitrogen and oxygen atoms in total. The first-order valence-electron chi connectivity index (χ1n) is 5.68. The summed E-state index contributed by atoms with van der Waals surface area (Å²) in [5, 5.41) is -0.425. The van der Waals surface area contributed by atoms with Gasteiger partial charge in [0.15, 0.2) is 0 Å². The van der Waals surface area contributed by atoms with Crippen LogP contribution in [0.15, 0.2) is 24.3 Å². The molecule has 1 fully saturated rings. The summed E-state index contributed by atoms with van der Waals surface area (Å²) in [6, 6.07) is 7.59. The molecule has 1 saturated carbocycles. The molecule has 1 aliphatic carbocycles. The molecule has 94 valence electrons. The highest BCUT2D eigenvalue weighted by atomic mass is 35.7. The van der Waals surface area contributed by atoms with Crippen molar-refractivity contribution in [2.24, 2.45) is 0 Å². The highest BCUT2D eigenvalue weighted by molar-refractivity contribution is 8.14. The molecule has 0 aliphatic heterocycles. The third-order valence-corrected chi connectivity index (χ3v) is 4.78. The molecule has 0 spiro atoms. The number of benzene rings is 1. The van der Waals surface area contributed by atoms with Gasteiger partial charge in [-0.15, -0.1) is 0 Å². The summed E-state index contributed by atoms with van der Waals surface area (Å²) in [4.78, 5) is 0. The van der Waals surface area contributed by atoms with E-state index >= 15 is 0 Å². The van der Waals surface area contributed by atoms with Crippen LogP contribution < -0.4 is 4.74 Å². The van der Waals surface area contributed by atoms with Gasteiger partial charge in [0.1, 0.15) is 5.75 Å². The first kappa shape index (κ1) is 12.7. The Hall–Kier alpha value is -0.740. The second-order valence-electron chi connectivity index (χ2n) is 4.28. The molecule has 5 heteroatoms. The van der Waals surface area contributed by atoms with Crippen LogP contribution in [-0.2, 0) is 9.05 Å². The number of ether oxygens (including phenoxy) is 1. The molecule has 0 radical (unpaired) electrons. The van der Waals surface area contributed by atoms with E-state index in [4.69, 9.17) is 15.4 Å². The summed E-state index contributed by atoms with van der Waals surface area (Å²) in [6.45, 7) is 2.71. The molecule has 0 amide bonds. The molecule has 0 N–H and O–H groups in total. The normalized spacial score (nSPS) is 23.4. The lowest BCUT2D eigenvalue weighted by Crippen LogP contribution is -2.00. The molecule has 0 bridgehead atoms. The van der Waals surface area contributed by atoms with Gasteiger partial charge in [-0.05, 0) is 30.5 Å². The van der Waals surface area contributed by atoms with E-state index in [-0.39, 0.29) is 5.92 Å². The van der Waals surface area contributed by atoms with Gasteiger partial charge in [-0.2, -0.15) is 0 Å². The number of rotatable bonds is 5. The van der Waals surface area contributed by atoms with Crippen LogP contribution in [0.2, 0.25) is 0 Å². The molecule has 1 aliphatic rings. The smallest absolute Gasteiger partial charge is 0.236 e. The monoisotopic (exact) mass is 274 g/mol. The molecule has 2 unspecified atom stereocenters. The lowest BCUT2D eigenvalue weighted by molar-refractivity contribution is 0.317. The van der Waals surface area contributed by atoms with Crippen LogP contribution in [0.1, 0.15) is 31.2 Å². The van der Waals surface area contributed by atoms with Gasteiger partial charge in [0, 0.05) is 16.6 Å². The minimum Gasteiger partial charge on any atom is -0.494 e. The van der Waals surface area contributed by atoms with Crippen molar-refractivity contribution in [1.82, 2.24) is 0 Å². The Kier molecular flexibility index (Phi) is 3.64. The zero-order valence-electron chi connectivity index (χ0n) is 9.60. The minimum atomic E-state index is -3.43. The van der Waals surface area contributed by atoms with Gasteiger partial charge in [-0.25, -0.2) is 8.42 Å². The molecular formula is C12H15ClO3S. The Morgan fingerprint density at radius 2 is 2.24 bits per heavy atom. The van der Waals surface area contributed by atoms with E-state index in [1.165, 1.54) is 0 Å². The fourth-order valence-corrected chi connectivity index (χ4v) is 3.47. The van der Waals surface area contributed by atoms with Crippen molar-refractivity contribution >= 4 is 19.7 Å². The molecule has 2 rings (SSSR count). The number of hydrogen-bond donors (Lipinski definition) is 0. The van der Waals surface area contributed by atoms with E-state index in [2.05, 4.69) is 0 Å². The van der Waals surface area contributed by atoms with Crippen LogP contribution in [0.25, 0.3) is 0 Å². The Labute approximate surface area is 106 Å². The van der Waals surface area contributed by atoms with Gasteiger partial charge in [0.05, 0.1) is 11.9 Å². The van der Waals surface area contributed by atoms with Gasteiger partial charge in [-0.1, -0.05) is 19.1 Å². The van der Waals surface area contributed by atoms with Crippen molar-refractivity contribution in [3.63, 3.8) is 0 Å². The van der Waals surface area contributed by atoms with Crippen molar-refractivity contribution in [1.29, 1.82) is 0 Å². The van der Waals surface area contributed by atoms with Crippen molar-refractivity contribution in [2.45, 2.75) is 30.9 Å². The van der Waals surface area contributed by atoms with Crippen molar-refractivity contribution in [2.75, 3.05) is 6.61 Å². The summed E-state index contributed by atoms with van der Waals surface area (Å²) >= 11 is 0. The Bertz CT molecular complexity index is 498. The van der Waals surface area contributed by atoms with Gasteiger partial charge in [0.25, 0.3) is 0 Å². The third kappa shape index (κ3) is 3.13. The van der Waals surface area contributed by atoms with Crippen LogP contribution in [0.3, 0.4) is 0 Å². The summed E-state index contributed by atoms with van der Waals surface area (Å²) in [5.41, 5.74) is 0.993. The van der Waals surface area contributed by atoms with E-state index in [0.29, 0.717) is 13.0 Å². The zero-order chi connectivity index (χ0) is 12.5. The van der Waals surface area contributed by atoms with Crippen molar-refractivity contribution in [3.05, 3.63) is 29.8 Å². The van der Waals surface area contributed by atoms with Crippen LogP contribution in [-0.4, -0.2) is 20.3 Å². The first-order valence-corrected chi connectivity index (χ1v) is 8.06. The molecule has 17 heavy (non-hydrogen) atoms. The molecule has 1 aromatic rings. The SMILES string of the molecule is CCCOc1cccc(C2CC2S(=O)(=O)Cl)c1. The van der Waals surface area contributed by atoms with E-state index in [0.717, 1.165) is 17.7 Å². The maximum atomic E-state index is 11.2. The first-order chi connectivity index (χ1) is 8.02. The van der Waals surface area contributed by atoms with Gasteiger partial charge < -0.3 is 4.74 Å². The highest BCUT2D eigenvalue weighted by Crippen LogP contribution is 2.47. The van der Waals surface area contributed by atoms with Crippen LogP contribution in [0.5, 0.6) is 5.75 Å². The molecule has 0 aromatic heterocycles. The predicted octanol–water partition coefficient (Wildman–Crippen LogP) is 2.90. The molecule has 0 heterocycles. The summed E-state index contributed by atoms with van der Waals surface area (Å²) in [6.07, 6.45) is 1.56. The quantitative estimate of drug-likeness (QED) is 0.776. The summed E-state index contributed by atoms with van der Waals surface area (Å²) < 4.78 is 27.8. The predicted molar refractivity (Wildman–Crippen MR) is 68.1 cm³/mol. The van der Waals surface area contributed by atoms with Gasteiger partial charge in [-0.3, -0.25) is 0 Å². The van der Waals surface area contributed by atoms with E-state index < -0.39 is 14.3 Å². The number of halogens is 1. The lowest BCUT2D eigenvalue weighted by Gasteiger charge is -2.06. The zero-order valence-corrected chi connectivity index (χ0v) is 11.2. The average Bonchev–Trinajstić information content (AvgIpc) is 3.06. The average molecular weight is 275 g/mol. The molecule has 1 aromatic carbocycles. The largest absolute Gasteiger partial charge is 0.494 e. The van der Waals surface area contributed by atoms with E-state index in [1.54, 1.807) is 0 Å². The van der Waals surface area contributed by atoms with Crippen molar-refractivity contribution in [3.8, 4) is 5.75 Å². The Balaban J connectivity index is 2.08. The lowest BCUT2D eigenvalue weighted by atomic mass is 10.1. The Morgan fingerprint density at radius 1 is 1.47 bits per heavy atom. The summed E-state index contributed by atoms with van der Waals surface area (Å²) in [7, 11) is 1.91. The van der Waals surface area contributed by atoms with Crippen molar-refractivity contribution < 1.29 is 13.2 Å². The van der Waals surface area contributed by atoms with E-state index in [9.17, 15) is 8.42 Å². The fourth-order valence-electron chi connectivity index (χ4n) is 1.89. The highest BCUT2D eigenvalue weighted by Gasteiger charge is 2.47. The Morgan fingerprint density at radius 3 is 2.82 bits per heavy atom. The summed E-state index contributed by atoms with van der Waals surface area (Å²) in [5.74, 6) is 0.824. The minimum absolute atomic E-state index is 0.0303. The van der Waals surface area contributed by atoms with Gasteiger partial charge in [0.2, 0.25) is 9.05 Å². The van der Waals surface area contributed by atoms with Gasteiger partial charge >= 0.3 is 0 Å². The number of hydrogen-bond acceptors (Lipinski definition) is 3.